The minimum Gasteiger partial charge on any atom is -0.362 e. The first kappa shape index (κ1) is 10.9. The zero-order valence-corrected chi connectivity index (χ0v) is 9.10. The number of hydrogen-bond acceptors (Lipinski definition) is 4. The van der Waals surface area contributed by atoms with E-state index in [0.717, 1.165) is 6.54 Å². The average Bonchev–Trinajstić information content (AvgIpc) is 2.63. The van der Waals surface area contributed by atoms with Gasteiger partial charge in [-0.15, -0.1) is 0 Å². The number of nitrogens with one attached hydrogen (secondary N) is 2. The predicted molar refractivity (Wildman–Crippen MR) is 56.6 cm³/mol. The van der Waals surface area contributed by atoms with Crippen molar-refractivity contribution in [1.29, 1.82) is 0 Å². The average molecular weight is 214 g/mol. The molecule has 0 radical (unpaired) electrons. The second-order valence-corrected chi connectivity index (χ2v) is 3.71. The summed E-state index contributed by atoms with van der Waals surface area (Å²) >= 11 is 5.04. The van der Waals surface area contributed by atoms with Crippen LogP contribution in [0.15, 0.2) is 10.9 Å². The Hall–Kier alpha value is -1.17. The van der Waals surface area contributed by atoms with Gasteiger partial charge in [-0.1, -0.05) is 19.0 Å². The van der Waals surface area contributed by atoms with Crippen LogP contribution in [0.4, 0.5) is 0 Å². The van der Waals surface area contributed by atoms with Crippen LogP contribution in [0, 0.1) is 5.92 Å². The second kappa shape index (κ2) is 5.54. The maximum Gasteiger partial charge on any atom is 0.213 e. The van der Waals surface area contributed by atoms with E-state index in [9.17, 15) is 0 Å². The summed E-state index contributed by atoms with van der Waals surface area (Å²) < 4.78 is 4.58. The van der Waals surface area contributed by atoms with Crippen LogP contribution in [0.2, 0.25) is 0 Å². The van der Waals surface area contributed by atoms with Crippen molar-refractivity contribution in [2.75, 3.05) is 6.54 Å². The van der Waals surface area contributed by atoms with Gasteiger partial charge in [-0.3, -0.25) is 0 Å². The molecule has 0 saturated heterocycles. The van der Waals surface area contributed by atoms with Gasteiger partial charge in [0.25, 0.3) is 0 Å². The number of rotatable bonds is 4. The van der Waals surface area contributed by atoms with Gasteiger partial charge in [-0.25, -0.2) is 0 Å². The first-order chi connectivity index (χ1) is 6.68. The maximum absolute atomic E-state index is 5.04. The summed E-state index contributed by atoms with van der Waals surface area (Å²) in [6.07, 6.45) is 1.29. The fourth-order valence-electron chi connectivity index (χ4n) is 0.789. The lowest BCUT2D eigenvalue weighted by Gasteiger charge is -2.10. The van der Waals surface area contributed by atoms with E-state index in [1.807, 2.05) is 0 Å². The fourth-order valence-corrected chi connectivity index (χ4v) is 0.944. The molecule has 14 heavy (non-hydrogen) atoms. The molecule has 0 amide bonds. The van der Waals surface area contributed by atoms with Crippen molar-refractivity contribution in [3.63, 3.8) is 0 Å². The Balaban J connectivity index is 2.15. The van der Waals surface area contributed by atoms with E-state index >= 15 is 0 Å². The zero-order valence-electron chi connectivity index (χ0n) is 8.28. The van der Waals surface area contributed by atoms with Crippen LogP contribution in [0.3, 0.4) is 0 Å². The Morgan fingerprint density at radius 3 is 2.93 bits per heavy atom. The SMILES string of the molecule is CC(C)CNC(=S)NCc1ncon1. The summed E-state index contributed by atoms with van der Waals surface area (Å²) in [5.74, 6) is 1.17. The molecule has 1 aromatic heterocycles. The normalized spacial score (nSPS) is 10.2. The molecule has 6 heteroatoms. The molecule has 0 aliphatic rings. The number of nitrogens with zero attached hydrogens (tertiary/aromatic N) is 2. The van der Waals surface area contributed by atoms with Crippen molar-refractivity contribution in [3.05, 3.63) is 12.2 Å². The molecule has 0 bridgehead atoms. The largest absolute Gasteiger partial charge is 0.362 e. The molecule has 1 heterocycles. The van der Waals surface area contributed by atoms with Crippen LogP contribution in [-0.4, -0.2) is 21.8 Å². The smallest absolute Gasteiger partial charge is 0.213 e. The highest BCUT2D eigenvalue weighted by Crippen LogP contribution is 1.88. The molecule has 78 valence electrons. The lowest BCUT2D eigenvalue weighted by atomic mass is 10.2. The number of hydrogen-bond donors (Lipinski definition) is 2. The van der Waals surface area contributed by atoms with Crippen molar-refractivity contribution in [2.24, 2.45) is 5.92 Å². The summed E-state index contributed by atoms with van der Waals surface area (Å²) in [6.45, 7) is 5.59. The molecule has 0 atom stereocenters. The quantitative estimate of drug-likeness (QED) is 0.719. The van der Waals surface area contributed by atoms with Gasteiger partial charge in [-0.2, -0.15) is 4.98 Å². The maximum atomic E-state index is 5.04. The molecule has 0 fully saturated rings. The standard InChI is InChI=1S/C8H14N4OS/c1-6(2)3-9-8(14)10-4-7-11-5-13-12-7/h5-6H,3-4H2,1-2H3,(H2,9,10,14). The second-order valence-electron chi connectivity index (χ2n) is 3.30. The summed E-state index contributed by atoms with van der Waals surface area (Å²) in [4.78, 5) is 3.86. The van der Waals surface area contributed by atoms with Gasteiger partial charge in [0.2, 0.25) is 6.39 Å². The van der Waals surface area contributed by atoms with E-state index < -0.39 is 0 Å². The van der Waals surface area contributed by atoms with E-state index in [4.69, 9.17) is 12.2 Å². The summed E-state index contributed by atoms with van der Waals surface area (Å²) in [7, 11) is 0. The van der Waals surface area contributed by atoms with E-state index in [-0.39, 0.29) is 0 Å². The van der Waals surface area contributed by atoms with Gasteiger partial charge >= 0.3 is 0 Å². The van der Waals surface area contributed by atoms with Crippen molar-refractivity contribution in [1.82, 2.24) is 20.8 Å². The zero-order chi connectivity index (χ0) is 10.4. The fraction of sp³-hybridized carbons (Fsp3) is 0.625. The molecule has 0 aromatic carbocycles. The van der Waals surface area contributed by atoms with Gasteiger partial charge in [0.15, 0.2) is 10.9 Å². The van der Waals surface area contributed by atoms with Crippen LogP contribution in [0.5, 0.6) is 0 Å². The van der Waals surface area contributed by atoms with Crippen LogP contribution >= 0.6 is 12.2 Å². The molecule has 1 rings (SSSR count). The minimum atomic E-state index is 0.487. The van der Waals surface area contributed by atoms with E-state index in [1.54, 1.807) is 0 Å². The molecular formula is C8H14N4OS. The Bertz CT molecular complexity index is 273. The highest BCUT2D eigenvalue weighted by molar-refractivity contribution is 7.80. The third-order valence-corrected chi connectivity index (χ3v) is 1.77. The van der Waals surface area contributed by atoms with Gasteiger partial charge in [0.05, 0.1) is 6.54 Å². The first-order valence-corrected chi connectivity index (χ1v) is 4.86. The van der Waals surface area contributed by atoms with Gasteiger partial charge < -0.3 is 15.2 Å². The van der Waals surface area contributed by atoms with E-state index in [1.165, 1.54) is 6.39 Å². The summed E-state index contributed by atoms with van der Waals surface area (Å²) in [5.41, 5.74) is 0. The first-order valence-electron chi connectivity index (χ1n) is 4.45. The Labute approximate surface area is 88.3 Å². The lowest BCUT2D eigenvalue weighted by Crippen LogP contribution is -2.36. The molecule has 0 unspecified atom stereocenters. The van der Waals surface area contributed by atoms with Crippen LogP contribution in [0.1, 0.15) is 19.7 Å². The third kappa shape index (κ3) is 4.18. The van der Waals surface area contributed by atoms with Crippen LogP contribution in [-0.2, 0) is 6.54 Å². The highest BCUT2D eigenvalue weighted by Gasteiger charge is 2.00. The van der Waals surface area contributed by atoms with E-state index in [0.29, 0.717) is 23.4 Å². The number of aromatic nitrogens is 2. The Morgan fingerprint density at radius 2 is 2.36 bits per heavy atom. The Morgan fingerprint density at radius 1 is 1.57 bits per heavy atom. The molecule has 5 nitrogen and oxygen atoms in total. The van der Waals surface area contributed by atoms with Gasteiger partial charge in [-0.05, 0) is 18.1 Å². The minimum absolute atomic E-state index is 0.487. The molecular weight excluding hydrogens is 200 g/mol. The van der Waals surface area contributed by atoms with Gasteiger partial charge in [0, 0.05) is 6.54 Å². The molecule has 0 aliphatic heterocycles. The number of thiocarbonyl (C=S) groups is 1. The molecule has 2 N–H and O–H groups in total. The predicted octanol–water partition coefficient (Wildman–Crippen LogP) is 0.690. The van der Waals surface area contributed by atoms with E-state index in [2.05, 4.69) is 39.1 Å². The van der Waals surface area contributed by atoms with Crippen molar-refractivity contribution in [3.8, 4) is 0 Å². The molecule has 0 aliphatic carbocycles. The molecule has 1 aromatic rings. The van der Waals surface area contributed by atoms with Crippen LogP contribution in [0.25, 0.3) is 0 Å². The highest BCUT2D eigenvalue weighted by atomic mass is 32.1. The van der Waals surface area contributed by atoms with Crippen LogP contribution < -0.4 is 10.6 Å². The molecule has 0 spiro atoms. The third-order valence-electron chi connectivity index (χ3n) is 1.48. The molecule has 0 saturated carbocycles. The lowest BCUT2D eigenvalue weighted by molar-refractivity contribution is 0.409. The van der Waals surface area contributed by atoms with Crippen molar-refractivity contribution >= 4 is 17.3 Å². The summed E-state index contributed by atoms with van der Waals surface area (Å²) in [6, 6.07) is 0. The van der Waals surface area contributed by atoms with Crippen molar-refractivity contribution < 1.29 is 4.52 Å². The van der Waals surface area contributed by atoms with Gasteiger partial charge in [0.1, 0.15) is 0 Å². The Kier molecular flexibility index (Phi) is 4.31. The topological polar surface area (TPSA) is 63.0 Å². The van der Waals surface area contributed by atoms with Crippen molar-refractivity contribution in [2.45, 2.75) is 20.4 Å². The monoisotopic (exact) mass is 214 g/mol. The summed E-state index contributed by atoms with van der Waals surface area (Å²) in [5, 5.41) is 10.3.